The van der Waals surface area contributed by atoms with Gasteiger partial charge in [0.15, 0.2) is 0 Å². The molecular weight excluding hydrogens is 276 g/mol. The van der Waals surface area contributed by atoms with Crippen molar-refractivity contribution in [2.75, 3.05) is 14.2 Å². The lowest BCUT2D eigenvalue weighted by atomic mass is 9.95. The fraction of sp³-hybridized carbons (Fsp3) is 0.211. The Labute approximate surface area is 131 Å². The van der Waals surface area contributed by atoms with Crippen LogP contribution in [-0.4, -0.2) is 20.2 Å². The van der Waals surface area contributed by atoms with Gasteiger partial charge in [-0.05, 0) is 29.5 Å². The molecule has 22 heavy (non-hydrogen) atoms. The van der Waals surface area contributed by atoms with Gasteiger partial charge in [-0.15, -0.1) is 0 Å². The first-order valence-electron chi connectivity index (χ1n) is 7.19. The summed E-state index contributed by atoms with van der Waals surface area (Å²) in [5.41, 5.74) is 3.66. The highest BCUT2D eigenvalue weighted by Gasteiger charge is 2.16. The molecule has 0 unspecified atom stereocenters. The highest BCUT2D eigenvalue weighted by atomic mass is 16.5. The third-order valence-corrected chi connectivity index (χ3v) is 3.47. The number of rotatable bonds is 6. The summed E-state index contributed by atoms with van der Waals surface area (Å²) in [5, 5.41) is 0. The summed E-state index contributed by atoms with van der Waals surface area (Å²) in [6.45, 7) is 0. The van der Waals surface area contributed by atoms with Gasteiger partial charge in [-0.2, -0.15) is 0 Å². The van der Waals surface area contributed by atoms with E-state index in [-0.39, 0.29) is 0 Å². The summed E-state index contributed by atoms with van der Waals surface area (Å²) in [6, 6.07) is 18.1. The Kier molecular flexibility index (Phi) is 5.78. The van der Waals surface area contributed by atoms with Gasteiger partial charge in [-0.25, -0.2) is 4.79 Å². The number of methoxy groups -OCH3 is 2. The molecule has 0 N–H and O–H groups in total. The predicted octanol–water partition coefficient (Wildman–Crippen LogP) is 3.63. The van der Waals surface area contributed by atoms with Gasteiger partial charge in [-0.1, -0.05) is 54.6 Å². The smallest absolute Gasteiger partial charge is 0.341 e. The van der Waals surface area contributed by atoms with Crippen LogP contribution in [0.15, 0.2) is 60.9 Å². The Hall–Kier alpha value is -2.55. The predicted molar refractivity (Wildman–Crippen MR) is 87.3 cm³/mol. The minimum absolute atomic E-state index is 0.394. The molecule has 0 atom stereocenters. The number of benzene rings is 2. The van der Waals surface area contributed by atoms with Crippen molar-refractivity contribution >= 4 is 11.5 Å². The number of esters is 1. The van der Waals surface area contributed by atoms with E-state index in [4.69, 9.17) is 9.47 Å². The highest BCUT2D eigenvalue weighted by molar-refractivity contribution is 6.16. The number of carbonyl (C=O) groups is 1. The van der Waals surface area contributed by atoms with Crippen LogP contribution >= 0.6 is 0 Å². The van der Waals surface area contributed by atoms with E-state index in [1.807, 2.05) is 42.5 Å². The second kappa shape index (κ2) is 8.03. The van der Waals surface area contributed by atoms with Crippen molar-refractivity contribution in [3.63, 3.8) is 0 Å². The maximum atomic E-state index is 12.0. The van der Waals surface area contributed by atoms with E-state index >= 15 is 0 Å². The molecule has 0 radical (unpaired) electrons. The lowest BCUT2D eigenvalue weighted by Gasteiger charge is -2.11. The first-order valence-corrected chi connectivity index (χ1v) is 7.19. The molecule has 2 rings (SSSR count). The minimum Gasteiger partial charge on any atom is -0.503 e. The summed E-state index contributed by atoms with van der Waals surface area (Å²) in [4.78, 5) is 12.0. The largest absolute Gasteiger partial charge is 0.503 e. The van der Waals surface area contributed by atoms with Gasteiger partial charge in [0.25, 0.3) is 0 Å². The lowest BCUT2D eigenvalue weighted by Crippen LogP contribution is -2.07. The normalized spacial score (nSPS) is 11.1. The summed E-state index contributed by atoms with van der Waals surface area (Å²) in [6.07, 6.45) is 3.20. The zero-order valence-corrected chi connectivity index (χ0v) is 12.9. The minimum atomic E-state index is -0.394. The lowest BCUT2D eigenvalue weighted by molar-refractivity contribution is -0.133. The summed E-state index contributed by atoms with van der Waals surface area (Å²) in [5.74, 6) is -0.394. The van der Waals surface area contributed by atoms with Gasteiger partial charge >= 0.3 is 5.97 Å². The van der Waals surface area contributed by atoms with Crippen LogP contribution in [0.4, 0.5) is 0 Å². The molecule has 3 nitrogen and oxygen atoms in total. The fourth-order valence-electron chi connectivity index (χ4n) is 2.37. The zero-order chi connectivity index (χ0) is 15.8. The first-order chi connectivity index (χ1) is 10.8. The second-order valence-corrected chi connectivity index (χ2v) is 4.90. The van der Waals surface area contributed by atoms with Gasteiger partial charge in [0.2, 0.25) is 0 Å². The molecule has 2 aromatic rings. The first kappa shape index (κ1) is 15.8. The maximum absolute atomic E-state index is 12.0. The van der Waals surface area contributed by atoms with E-state index < -0.39 is 5.97 Å². The Morgan fingerprint density at radius 3 is 2.32 bits per heavy atom. The second-order valence-electron chi connectivity index (χ2n) is 4.90. The molecule has 0 saturated heterocycles. The van der Waals surface area contributed by atoms with Crippen LogP contribution in [0, 0.1) is 0 Å². The molecule has 0 heterocycles. The van der Waals surface area contributed by atoms with Crippen LogP contribution in [0.1, 0.15) is 16.7 Å². The number of hydrogen-bond donors (Lipinski definition) is 0. The molecule has 2 aromatic carbocycles. The Balaban J connectivity index is 2.26. The van der Waals surface area contributed by atoms with E-state index in [1.165, 1.54) is 26.0 Å². The molecule has 0 bridgehead atoms. The van der Waals surface area contributed by atoms with Crippen LogP contribution in [0.5, 0.6) is 0 Å². The molecule has 114 valence electrons. The van der Waals surface area contributed by atoms with Crippen molar-refractivity contribution in [1.82, 2.24) is 0 Å². The number of ether oxygens (including phenoxy) is 2. The summed E-state index contributed by atoms with van der Waals surface area (Å²) >= 11 is 0. The Morgan fingerprint density at radius 1 is 0.955 bits per heavy atom. The molecule has 3 heteroatoms. The highest BCUT2D eigenvalue weighted by Crippen LogP contribution is 2.22. The van der Waals surface area contributed by atoms with Crippen molar-refractivity contribution in [2.24, 2.45) is 0 Å². The molecule has 0 amide bonds. The topological polar surface area (TPSA) is 35.5 Å². The van der Waals surface area contributed by atoms with Crippen LogP contribution < -0.4 is 0 Å². The summed E-state index contributed by atoms with van der Waals surface area (Å²) < 4.78 is 9.89. The van der Waals surface area contributed by atoms with Gasteiger partial charge in [0.1, 0.15) is 5.57 Å². The molecule has 0 aliphatic carbocycles. The molecule has 0 spiro atoms. The van der Waals surface area contributed by atoms with Gasteiger partial charge in [0.05, 0.1) is 20.5 Å². The van der Waals surface area contributed by atoms with E-state index in [2.05, 4.69) is 12.1 Å². The average Bonchev–Trinajstić information content (AvgIpc) is 2.58. The monoisotopic (exact) mass is 296 g/mol. The van der Waals surface area contributed by atoms with Crippen molar-refractivity contribution in [2.45, 2.75) is 12.8 Å². The van der Waals surface area contributed by atoms with Crippen molar-refractivity contribution in [3.8, 4) is 0 Å². The van der Waals surface area contributed by atoms with E-state index in [0.29, 0.717) is 5.57 Å². The van der Waals surface area contributed by atoms with Crippen LogP contribution in [-0.2, 0) is 27.1 Å². The fourth-order valence-corrected chi connectivity index (χ4v) is 2.37. The molecule has 0 aliphatic rings. The van der Waals surface area contributed by atoms with Crippen molar-refractivity contribution in [3.05, 3.63) is 77.5 Å². The number of hydrogen-bond acceptors (Lipinski definition) is 3. The standard InChI is InChI=1S/C19H20O3/c1-21-14-18(19(20)22-2)17-11-7-6-10-16(17)13-12-15-8-4-3-5-9-15/h3-11,14H,12-13H2,1-2H3/b18-14-. The van der Waals surface area contributed by atoms with Gasteiger partial charge in [-0.3, -0.25) is 0 Å². The molecule has 0 saturated carbocycles. The van der Waals surface area contributed by atoms with Crippen LogP contribution in [0.25, 0.3) is 5.57 Å². The average molecular weight is 296 g/mol. The maximum Gasteiger partial charge on any atom is 0.341 e. The Bertz CT molecular complexity index is 645. The quantitative estimate of drug-likeness (QED) is 0.464. The number of aryl methyl sites for hydroxylation is 2. The van der Waals surface area contributed by atoms with Crippen LogP contribution in [0.2, 0.25) is 0 Å². The number of carbonyl (C=O) groups excluding carboxylic acids is 1. The van der Waals surface area contributed by atoms with E-state index in [9.17, 15) is 4.79 Å². The molecular formula is C19H20O3. The summed E-state index contributed by atoms with van der Waals surface area (Å²) in [7, 11) is 2.90. The Morgan fingerprint density at radius 2 is 1.64 bits per heavy atom. The van der Waals surface area contributed by atoms with Gasteiger partial charge in [0, 0.05) is 0 Å². The molecule has 0 aromatic heterocycles. The molecule has 0 aliphatic heterocycles. The van der Waals surface area contributed by atoms with Crippen LogP contribution in [0.3, 0.4) is 0 Å². The third kappa shape index (κ3) is 3.98. The zero-order valence-electron chi connectivity index (χ0n) is 12.9. The SMILES string of the molecule is CO/C=C(\C(=O)OC)c1ccccc1CCc1ccccc1. The van der Waals surface area contributed by atoms with Crippen molar-refractivity contribution in [1.29, 1.82) is 0 Å². The molecule has 0 fully saturated rings. The van der Waals surface area contributed by atoms with E-state index in [1.54, 1.807) is 0 Å². The van der Waals surface area contributed by atoms with Gasteiger partial charge < -0.3 is 9.47 Å². The third-order valence-electron chi connectivity index (χ3n) is 3.47. The van der Waals surface area contributed by atoms with Crippen molar-refractivity contribution < 1.29 is 14.3 Å². The van der Waals surface area contributed by atoms with E-state index in [0.717, 1.165) is 24.0 Å².